The SMILES string of the molecule is CNC(=O)NCC1(c2ccccc2)CCCC1. The summed E-state index contributed by atoms with van der Waals surface area (Å²) in [4.78, 5) is 11.3. The molecule has 0 aliphatic heterocycles. The molecule has 2 N–H and O–H groups in total. The van der Waals surface area contributed by atoms with E-state index in [4.69, 9.17) is 0 Å². The fourth-order valence-corrected chi connectivity index (χ4v) is 2.75. The van der Waals surface area contributed by atoms with Crippen molar-refractivity contribution in [1.29, 1.82) is 0 Å². The van der Waals surface area contributed by atoms with Gasteiger partial charge in [0.1, 0.15) is 0 Å². The molecule has 0 radical (unpaired) electrons. The van der Waals surface area contributed by atoms with Gasteiger partial charge in [-0.15, -0.1) is 0 Å². The van der Waals surface area contributed by atoms with Crippen LogP contribution in [0.15, 0.2) is 30.3 Å². The van der Waals surface area contributed by atoms with Gasteiger partial charge in [0.25, 0.3) is 0 Å². The first-order chi connectivity index (χ1) is 8.27. The zero-order valence-corrected chi connectivity index (χ0v) is 10.3. The highest BCUT2D eigenvalue weighted by atomic mass is 16.2. The molecule has 0 unspecified atom stereocenters. The molecule has 1 aromatic carbocycles. The lowest BCUT2D eigenvalue weighted by molar-refractivity contribution is 0.239. The van der Waals surface area contributed by atoms with E-state index in [0.29, 0.717) is 0 Å². The Morgan fingerprint density at radius 3 is 2.47 bits per heavy atom. The van der Waals surface area contributed by atoms with Gasteiger partial charge in [-0.1, -0.05) is 43.2 Å². The first kappa shape index (κ1) is 12.0. The Morgan fingerprint density at radius 2 is 1.88 bits per heavy atom. The first-order valence-electron chi connectivity index (χ1n) is 6.28. The molecule has 1 aliphatic carbocycles. The standard InChI is InChI=1S/C14H20N2O/c1-15-13(17)16-11-14(9-5-6-10-14)12-7-3-2-4-8-12/h2-4,7-8H,5-6,9-11H2,1H3,(H2,15,16,17). The van der Waals surface area contributed by atoms with E-state index in [0.717, 1.165) is 6.54 Å². The number of amides is 2. The monoisotopic (exact) mass is 232 g/mol. The second-order valence-corrected chi connectivity index (χ2v) is 4.79. The molecule has 0 saturated heterocycles. The van der Waals surface area contributed by atoms with Crippen LogP contribution < -0.4 is 10.6 Å². The highest BCUT2D eigenvalue weighted by molar-refractivity contribution is 5.73. The van der Waals surface area contributed by atoms with Crippen molar-refractivity contribution in [3.8, 4) is 0 Å². The molecule has 0 bridgehead atoms. The lowest BCUT2D eigenvalue weighted by Gasteiger charge is -2.29. The molecule has 1 saturated carbocycles. The van der Waals surface area contributed by atoms with Gasteiger partial charge in [0.2, 0.25) is 0 Å². The molecule has 3 nitrogen and oxygen atoms in total. The zero-order valence-electron chi connectivity index (χ0n) is 10.3. The van der Waals surface area contributed by atoms with Gasteiger partial charge in [0.05, 0.1) is 0 Å². The van der Waals surface area contributed by atoms with Gasteiger partial charge >= 0.3 is 6.03 Å². The van der Waals surface area contributed by atoms with Crippen molar-refractivity contribution in [2.24, 2.45) is 0 Å². The van der Waals surface area contributed by atoms with Gasteiger partial charge in [0.15, 0.2) is 0 Å². The van der Waals surface area contributed by atoms with Crippen molar-refractivity contribution in [3.05, 3.63) is 35.9 Å². The molecular formula is C14H20N2O. The fourth-order valence-electron chi connectivity index (χ4n) is 2.75. The minimum absolute atomic E-state index is 0.0905. The van der Waals surface area contributed by atoms with Crippen molar-refractivity contribution >= 4 is 6.03 Å². The van der Waals surface area contributed by atoms with Crippen LogP contribution in [0.2, 0.25) is 0 Å². The third-order valence-electron chi connectivity index (χ3n) is 3.76. The lowest BCUT2D eigenvalue weighted by Crippen LogP contribution is -2.42. The summed E-state index contributed by atoms with van der Waals surface area (Å²) in [7, 11) is 1.65. The summed E-state index contributed by atoms with van der Waals surface area (Å²) in [5, 5.41) is 5.57. The minimum atomic E-state index is -0.0905. The van der Waals surface area contributed by atoms with Crippen LogP contribution in [-0.2, 0) is 5.41 Å². The molecule has 0 atom stereocenters. The number of benzene rings is 1. The van der Waals surface area contributed by atoms with Gasteiger partial charge in [-0.05, 0) is 18.4 Å². The van der Waals surface area contributed by atoms with Crippen LogP contribution in [0, 0.1) is 0 Å². The number of rotatable bonds is 3. The Morgan fingerprint density at radius 1 is 1.24 bits per heavy atom. The highest BCUT2D eigenvalue weighted by Crippen LogP contribution is 2.40. The zero-order chi connectivity index (χ0) is 12.1. The van der Waals surface area contributed by atoms with Crippen molar-refractivity contribution in [1.82, 2.24) is 10.6 Å². The number of urea groups is 1. The molecule has 2 rings (SSSR count). The Bertz CT molecular complexity index is 369. The second-order valence-electron chi connectivity index (χ2n) is 4.79. The molecule has 1 aliphatic rings. The van der Waals surface area contributed by atoms with E-state index in [1.807, 2.05) is 6.07 Å². The van der Waals surface area contributed by atoms with Gasteiger partial charge in [-0.3, -0.25) is 0 Å². The van der Waals surface area contributed by atoms with E-state index in [1.54, 1.807) is 7.05 Å². The Labute approximate surface area is 103 Å². The van der Waals surface area contributed by atoms with E-state index in [1.165, 1.54) is 31.2 Å². The Kier molecular flexibility index (Phi) is 3.67. The first-order valence-corrected chi connectivity index (χ1v) is 6.28. The quantitative estimate of drug-likeness (QED) is 0.825. The van der Waals surface area contributed by atoms with Crippen LogP contribution in [0.4, 0.5) is 4.79 Å². The highest BCUT2D eigenvalue weighted by Gasteiger charge is 2.35. The van der Waals surface area contributed by atoms with Crippen molar-refractivity contribution in [2.45, 2.75) is 31.1 Å². The third kappa shape index (κ3) is 2.60. The number of carbonyl (C=O) groups excluding carboxylic acids is 1. The average molecular weight is 232 g/mol. The van der Waals surface area contributed by atoms with E-state index in [9.17, 15) is 4.79 Å². The van der Waals surface area contributed by atoms with Crippen LogP contribution in [-0.4, -0.2) is 19.6 Å². The molecule has 0 spiro atoms. The second kappa shape index (κ2) is 5.21. The summed E-state index contributed by atoms with van der Waals surface area (Å²) in [6.07, 6.45) is 4.84. The summed E-state index contributed by atoms with van der Waals surface area (Å²) >= 11 is 0. The third-order valence-corrected chi connectivity index (χ3v) is 3.76. The van der Waals surface area contributed by atoms with E-state index < -0.39 is 0 Å². The summed E-state index contributed by atoms with van der Waals surface area (Å²) in [5.74, 6) is 0. The molecule has 0 heterocycles. The molecule has 2 amide bonds. The van der Waals surface area contributed by atoms with Gasteiger partial charge < -0.3 is 10.6 Å². The molecule has 1 fully saturated rings. The summed E-state index contributed by atoms with van der Waals surface area (Å²) in [5.41, 5.74) is 1.50. The van der Waals surface area contributed by atoms with E-state index >= 15 is 0 Å². The van der Waals surface area contributed by atoms with Gasteiger partial charge in [0, 0.05) is 19.0 Å². The topological polar surface area (TPSA) is 41.1 Å². The van der Waals surface area contributed by atoms with Crippen LogP contribution in [0.25, 0.3) is 0 Å². The van der Waals surface area contributed by atoms with Gasteiger partial charge in [-0.2, -0.15) is 0 Å². The number of nitrogens with one attached hydrogen (secondary N) is 2. The predicted octanol–water partition coefficient (Wildman–Crippen LogP) is 2.43. The largest absolute Gasteiger partial charge is 0.341 e. The number of hydrogen-bond donors (Lipinski definition) is 2. The molecule has 1 aromatic rings. The summed E-state index contributed by atoms with van der Waals surface area (Å²) < 4.78 is 0. The maximum Gasteiger partial charge on any atom is 0.314 e. The average Bonchev–Trinajstić information content (AvgIpc) is 2.87. The van der Waals surface area contributed by atoms with Crippen LogP contribution >= 0.6 is 0 Å². The maximum atomic E-state index is 11.3. The van der Waals surface area contributed by atoms with Crippen molar-refractivity contribution in [2.75, 3.05) is 13.6 Å². The summed E-state index contributed by atoms with van der Waals surface area (Å²) in [6.45, 7) is 0.733. The molecular weight excluding hydrogens is 212 g/mol. The maximum absolute atomic E-state index is 11.3. The normalized spacial score (nSPS) is 17.7. The van der Waals surface area contributed by atoms with Crippen LogP contribution in [0.3, 0.4) is 0 Å². The smallest absolute Gasteiger partial charge is 0.314 e. The number of hydrogen-bond acceptors (Lipinski definition) is 1. The van der Waals surface area contributed by atoms with E-state index in [2.05, 4.69) is 34.9 Å². The van der Waals surface area contributed by atoms with E-state index in [-0.39, 0.29) is 11.4 Å². The molecule has 92 valence electrons. The molecule has 3 heteroatoms. The van der Waals surface area contributed by atoms with Crippen molar-refractivity contribution < 1.29 is 4.79 Å². The Hall–Kier alpha value is -1.51. The summed E-state index contributed by atoms with van der Waals surface area (Å²) in [6, 6.07) is 10.5. The predicted molar refractivity (Wildman–Crippen MR) is 69.0 cm³/mol. The number of carbonyl (C=O) groups is 1. The van der Waals surface area contributed by atoms with Crippen molar-refractivity contribution in [3.63, 3.8) is 0 Å². The fraction of sp³-hybridized carbons (Fsp3) is 0.500. The van der Waals surface area contributed by atoms with Gasteiger partial charge in [-0.25, -0.2) is 4.79 Å². The molecule has 0 aromatic heterocycles. The molecule has 17 heavy (non-hydrogen) atoms. The lowest BCUT2D eigenvalue weighted by atomic mass is 9.79. The van der Waals surface area contributed by atoms with Crippen LogP contribution in [0.5, 0.6) is 0 Å². The van der Waals surface area contributed by atoms with Crippen LogP contribution in [0.1, 0.15) is 31.2 Å². The minimum Gasteiger partial charge on any atom is -0.341 e. The Balaban J connectivity index is 2.13.